The molecule has 0 heterocycles. The minimum atomic E-state index is -4.25. The number of hydrogen-bond acceptors (Lipinski definition) is 3. The van der Waals surface area contributed by atoms with Crippen LogP contribution in [0.2, 0.25) is 0 Å². The fourth-order valence-electron chi connectivity index (χ4n) is 4.93. The fourth-order valence-corrected chi connectivity index (χ4v) is 5.29. The first-order valence-electron chi connectivity index (χ1n) is 17.2. The maximum absolute atomic E-state index is 10.4. The summed E-state index contributed by atoms with van der Waals surface area (Å²) in [4.78, 5) is 19.2. The van der Waals surface area contributed by atoms with Gasteiger partial charge in [-0.05, 0) is 33.5 Å². The van der Waals surface area contributed by atoms with E-state index in [1.807, 2.05) is 0 Å². The van der Waals surface area contributed by atoms with Crippen molar-refractivity contribution in [3.63, 3.8) is 0 Å². The van der Waals surface area contributed by atoms with Crippen molar-refractivity contribution < 1.29 is 18.9 Å². The van der Waals surface area contributed by atoms with Crippen LogP contribution in [0.25, 0.3) is 0 Å². The molecule has 6 heteroatoms. The molecule has 0 aliphatic heterocycles. The number of unbranched alkanes of at least 4 members (excludes halogenated alkanes) is 25. The van der Waals surface area contributed by atoms with Crippen LogP contribution in [0.3, 0.4) is 0 Å². The molecule has 0 unspecified atom stereocenters. The predicted octanol–water partition coefficient (Wildman–Crippen LogP) is 11.2. The Morgan fingerprint density at radius 2 is 0.718 bits per heavy atom. The molecule has 0 aliphatic carbocycles. The molecule has 39 heavy (non-hydrogen) atoms. The third-order valence-electron chi connectivity index (χ3n) is 7.47. The fraction of sp³-hybridized carbons (Fsp3) is 1.00. The summed E-state index contributed by atoms with van der Waals surface area (Å²) in [5.74, 6) is 0. The van der Waals surface area contributed by atoms with Crippen LogP contribution in [0.15, 0.2) is 0 Å². The van der Waals surface area contributed by atoms with E-state index >= 15 is 0 Å². The summed E-state index contributed by atoms with van der Waals surface area (Å²) < 4.78 is 14.8. The minimum Gasteiger partial charge on any atom is -0.309 e. The maximum atomic E-state index is 10.4. The van der Waals surface area contributed by atoms with Crippen LogP contribution >= 0.6 is 7.82 Å². The van der Waals surface area contributed by atoms with E-state index in [0.29, 0.717) is 0 Å². The van der Waals surface area contributed by atoms with Gasteiger partial charge in [0.2, 0.25) is 0 Å². The standard InChI is InChI=1S/C20H43N.C13H29O4P/c1-4-5-6-7-8-9-10-11-12-13-14-15-16-17-18-19-20-21(2)3;1-2-3-4-5-6-7-8-9-10-11-12-13-17-18(14,15)16/h4-20H2,1-3H3;2-13H2,1H3,(H2,14,15,16). The molecule has 0 atom stereocenters. The first-order chi connectivity index (χ1) is 18.8. The summed E-state index contributed by atoms with van der Waals surface area (Å²) in [6, 6.07) is 0. The van der Waals surface area contributed by atoms with Gasteiger partial charge in [0.1, 0.15) is 0 Å². The molecule has 0 amide bonds. The molecular formula is C33H72NO4P. The lowest BCUT2D eigenvalue weighted by atomic mass is 10.0. The Kier molecular flexibility index (Phi) is 36.2. The molecule has 0 aromatic carbocycles. The molecule has 2 N–H and O–H groups in total. The number of nitrogens with zero attached hydrogens (tertiary/aromatic N) is 1. The van der Waals surface area contributed by atoms with E-state index in [1.165, 1.54) is 161 Å². The van der Waals surface area contributed by atoms with Gasteiger partial charge in [0.25, 0.3) is 0 Å². The third kappa shape index (κ3) is 45.3. The summed E-state index contributed by atoms with van der Waals surface area (Å²) >= 11 is 0. The molecule has 0 bridgehead atoms. The predicted molar refractivity (Wildman–Crippen MR) is 173 cm³/mol. The molecule has 0 spiro atoms. The number of hydrogen-bond donors (Lipinski definition) is 2. The Morgan fingerprint density at radius 1 is 0.462 bits per heavy atom. The second-order valence-electron chi connectivity index (χ2n) is 12.0. The van der Waals surface area contributed by atoms with Gasteiger partial charge < -0.3 is 14.7 Å². The minimum absolute atomic E-state index is 0.168. The van der Waals surface area contributed by atoms with Crippen LogP contribution in [0.5, 0.6) is 0 Å². The lowest BCUT2D eigenvalue weighted by Gasteiger charge is -2.08. The maximum Gasteiger partial charge on any atom is 0.469 e. The van der Waals surface area contributed by atoms with Crippen molar-refractivity contribution in [1.82, 2.24) is 4.90 Å². The molecule has 0 saturated heterocycles. The first-order valence-corrected chi connectivity index (χ1v) is 18.7. The van der Waals surface area contributed by atoms with E-state index < -0.39 is 7.82 Å². The highest BCUT2D eigenvalue weighted by molar-refractivity contribution is 7.46. The Balaban J connectivity index is 0. The number of phosphoric acid groups is 1. The summed E-state index contributed by atoms with van der Waals surface area (Å²) in [6.07, 6.45) is 36.8. The second kappa shape index (κ2) is 34.3. The summed E-state index contributed by atoms with van der Waals surface area (Å²) in [5, 5.41) is 0. The number of phosphoric ester groups is 1. The average Bonchev–Trinajstić information content (AvgIpc) is 2.88. The molecule has 238 valence electrons. The van der Waals surface area contributed by atoms with Crippen LogP contribution in [0.4, 0.5) is 0 Å². The van der Waals surface area contributed by atoms with Crippen LogP contribution in [0.1, 0.15) is 187 Å². The van der Waals surface area contributed by atoms with Gasteiger partial charge in [0.05, 0.1) is 6.61 Å². The van der Waals surface area contributed by atoms with Crippen molar-refractivity contribution in [2.45, 2.75) is 187 Å². The molecule has 5 nitrogen and oxygen atoms in total. The lowest BCUT2D eigenvalue weighted by molar-refractivity contribution is 0.193. The van der Waals surface area contributed by atoms with Gasteiger partial charge in [-0.25, -0.2) is 4.57 Å². The topological polar surface area (TPSA) is 70.0 Å². The van der Waals surface area contributed by atoms with E-state index in [4.69, 9.17) is 9.79 Å². The Morgan fingerprint density at radius 3 is 0.974 bits per heavy atom. The lowest BCUT2D eigenvalue weighted by Crippen LogP contribution is -2.12. The van der Waals surface area contributed by atoms with Gasteiger partial charge >= 0.3 is 7.82 Å². The van der Waals surface area contributed by atoms with E-state index in [2.05, 4.69) is 37.4 Å². The highest BCUT2D eigenvalue weighted by Crippen LogP contribution is 2.35. The molecule has 0 saturated carbocycles. The SMILES string of the molecule is CCCCCCCCCCCCCCCCCCN(C)C.CCCCCCCCCCCCCOP(=O)(O)O. The van der Waals surface area contributed by atoms with Crippen molar-refractivity contribution >= 4 is 7.82 Å². The second-order valence-corrected chi connectivity index (χ2v) is 13.2. The van der Waals surface area contributed by atoms with Gasteiger partial charge in [-0.3, -0.25) is 4.52 Å². The van der Waals surface area contributed by atoms with Gasteiger partial charge in [-0.15, -0.1) is 0 Å². The summed E-state index contributed by atoms with van der Waals surface area (Å²) in [7, 11) is 0.0981. The van der Waals surface area contributed by atoms with Crippen LogP contribution in [0, 0.1) is 0 Å². The zero-order valence-corrected chi connectivity index (χ0v) is 28.0. The van der Waals surface area contributed by atoms with E-state index in [1.54, 1.807) is 0 Å². The van der Waals surface area contributed by atoms with E-state index in [-0.39, 0.29) is 6.61 Å². The van der Waals surface area contributed by atoms with E-state index in [0.717, 1.165) is 19.3 Å². The normalized spacial score (nSPS) is 11.7. The van der Waals surface area contributed by atoms with Crippen molar-refractivity contribution in [3.05, 3.63) is 0 Å². The van der Waals surface area contributed by atoms with Gasteiger partial charge in [-0.1, -0.05) is 174 Å². The molecule has 0 radical (unpaired) electrons. The zero-order valence-electron chi connectivity index (χ0n) is 27.1. The monoisotopic (exact) mass is 578 g/mol. The number of rotatable bonds is 30. The highest BCUT2D eigenvalue weighted by atomic mass is 31.2. The molecular weight excluding hydrogens is 505 g/mol. The molecule has 0 rings (SSSR count). The van der Waals surface area contributed by atoms with Crippen LogP contribution < -0.4 is 0 Å². The van der Waals surface area contributed by atoms with Gasteiger partial charge in [0.15, 0.2) is 0 Å². The van der Waals surface area contributed by atoms with E-state index in [9.17, 15) is 4.57 Å². The van der Waals surface area contributed by atoms with Crippen LogP contribution in [-0.4, -0.2) is 41.9 Å². The van der Waals surface area contributed by atoms with Crippen LogP contribution in [-0.2, 0) is 9.09 Å². The van der Waals surface area contributed by atoms with Gasteiger partial charge in [-0.2, -0.15) is 0 Å². The average molecular weight is 578 g/mol. The summed E-state index contributed by atoms with van der Waals surface area (Å²) in [6.45, 7) is 5.96. The first kappa shape index (κ1) is 41.2. The smallest absolute Gasteiger partial charge is 0.309 e. The van der Waals surface area contributed by atoms with Gasteiger partial charge in [0, 0.05) is 0 Å². The quantitative estimate of drug-likeness (QED) is 0.0656. The Labute approximate surface area is 245 Å². The molecule has 0 aromatic heterocycles. The largest absolute Gasteiger partial charge is 0.469 e. The molecule has 0 aliphatic rings. The molecule has 0 fully saturated rings. The van der Waals surface area contributed by atoms with Crippen molar-refractivity contribution in [2.24, 2.45) is 0 Å². The molecule has 0 aromatic rings. The summed E-state index contributed by atoms with van der Waals surface area (Å²) in [5.41, 5.74) is 0. The van der Waals surface area contributed by atoms with Crippen molar-refractivity contribution in [2.75, 3.05) is 27.2 Å². The zero-order chi connectivity index (χ0) is 29.3. The Bertz CT molecular complexity index is 484. The Hall–Kier alpha value is 0.0700. The van der Waals surface area contributed by atoms with Crippen molar-refractivity contribution in [3.8, 4) is 0 Å². The highest BCUT2D eigenvalue weighted by Gasteiger charge is 2.12. The third-order valence-corrected chi connectivity index (χ3v) is 7.99. The van der Waals surface area contributed by atoms with Crippen molar-refractivity contribution in [1.29, 1.82) is 0 Å².